The Morgan fingerprint density at radius 2 is 2.00 bits per heavy atom. The third-order valence-electron chi connectivity index (χ3n) is 3.54. The molecule has 122 valence electrons. The van der Waals surface area contributed by atoms with Gasteiger partial charge in [-0.25, -0.2) is 9.59 Å². The molecular formula is C16H24N2O4. The second-order valence-electron chi connectivity index (χ2n) is 5.06. The van der Waals surface area contributed by atoms with Gasteiger partial charge in [-0.05, 0) is 23.6 Å². The molecule has 6 heteroatoms. The number of carbonyl (C=O) groups is 2. The Labute approximate surface area is 131 Å². The van der Waals surface area contributed by atoms with Crippen LogP contribution >= 0.6 is 0 Å². The molecule has 2 N–H and O–H groups in total. The van der Waals surface area contributed by atoms with Gasteiger partial charge in [0.05, 0.1) is 14.2 Å². The maximum atomic E-state index is 12.0. The molecule has 0 spiro atoms. The number of rotatable bonds is 7. The van der Waals surface area contributed by atoms with Crippen LogP contribution in [0.15, 0.2) is 24.3 Å². The number of hydrogen-bond acceptors (Lipinski definition) is 4. The van der Waals surface area contributed by atoms with Crippen LogP contribution in [0.5, 0.6) is 5.75 Å². The summed E-state index contributed by atoms with van der Waals surface area (Å²) in [6, 6.07) is 6.35. The highest BCUT2D eigenvalue weighted by molar-refractivity contribution is 5.83. The topological polar surface area (TPSA) is 76.7 Å². The largest absolute Gasteiger partial charge is 0.497 e. The summed E-state index contributed by atoms with van der Waals surface area (Å²) in [5.41, 5.74) is 0.910. The molecule has 1 aromatic carbocycles. The van der Waals surface area contributed by atoms with Crippen LogP contribution in [0.2, 0.25) is 0 Å². The zero-order valence-corrected chi connectivity index (χ0v) is 13.5. The summed E-state index contributed by atoms with van der Waals surface area (Å²) in [6.45, 7) is 4.19. The van der Waals surface area contributed by atoms with Gasteiger partial charge in [-0.2, -0.15) is 0 Å². The van der Waals surface area contributed by atoms with Gasteiger partial charge >= 0.3 is 12.0 Å². The molecule has 6 nitrogen and oxygen atoms in total. The molecule has 0 aliphatic heterocycles. The summed E-state index contributed by atoms with van der Waals surface area (Å²) in [7, 11) is 2.90. The maximum absolute atomic E-state index is 12.0. The van der Waals surface area contributed by atoms with Crippen molar-refractivity contribution in [3.8, 4) is 5.75 Å². The van der Waals surface area contributed by atoms with Gasteiger partial charge in [0.1, 0.15) is 11.8 Å². The number of methoxy groups -OCH3 is 2. The number of ether oxygens (including phenoxy) is 2. The SMILES string of the molecule is CC[C@H](C)[C@H](NC(=O)NCc1cccc(OC)c1)C(=O)OC. The molecule has 2 amide bonds. The van der Waals surface area contributed by atoms with Gasteiger partial charge in [-0.1, -0.05) is 32.4 Å². The Kier molecular flexibility index (Phi) is 7.22. The van der Waals surface area contributed by atoms with Gasteiger partial charge < -0.3 is 20.1 Å². The van der Waals surface area contributed by atoms with E-state index in [-0.39, 0.29) is 5.92 Å². The Hall–Kier alpha value is -2.24. The summed E-state index contributed by atoms with van der Waals surface area (Å²) in [6.07, 6.45) is 0.760. The van der Waals surface area contributed by atoms with Crippen LogP contribution < -0.4 is 15.4 Å². The predicted octanol–water partition coefficient (Wildman–Crippen LogP) is 2.08. The van der Waals surface area contributed by atoms with Crippen molar-refractivity contribution in [3.63, 3.8) is 0 Å². The number of amides is 2. The Balaban J connectivity index is 2.58. The van der Waals surface area contributed by atoms with Crippen LogP contribution in [0.3, 0.4) is 0 Å². The molecule has 0 unspecified atom stereocenters. The molecule has 0 heterocycles. The first kappa shape index (κ1) is 17.8. The van der Waals surface area contributed by atoms with E-state index in [1.807, 2.05) is 38.1 Å². The average Bonchev–Trinajstić information content (AvgIpc) is 2.56. The molecule has 0 fully saturated rings. The molecule has 1 rings (SSSR count). The fraction of sp³-hybridized carbons (Fsp3) is 0.500. The number of urea groups is 1. The molecule has 2 atom stereocenters. The van der Waals surface area contributed by atoms with Gasteiger partial charge in [-0.15, -0.1) is 0 Å². The van der Waals surface area contributed by atoms with Crippen LogP contribution in [-0.4, -0.2) is 32.3 Å². The highest BCUT2D eigenvalue weighted by atomic mass is 16.5. The lowest BCUT2D eigenvalue weighted by Gasteiger charge is -2.22. The van der Waals surface area contributed by atoms with Gasteiger partial charge in [0.2, 0.25) is 0 Å². The maximum Gasteiger partial charge on any atom is 0.328 e. The second kappa shape index (κ2) is 8.92. The minimum Gasteiger partial charge on any atom is -0.497 e. The normalized spacial score (nSPS) is 12.9. The Morgan fingerprint density at radius 3 is 2.59 bits per heavy atom. The molecule has 0 radical (unpaired) electrons. The van der Waals surface area contributed by atoms with Crippen LogP contribution in [0, 0.1) is 5.92 Å². The zero-order valence-electron chi connectivity index (χ0n) is 13.5. The van der Waals surface area contributed by atoms with E-state index in [1.54, 1.807) is 7.11 Å². The fourth-order valence-electron chi connectivity index (χ4n) is 1.95. The van der Waals surface area contributed by atoms with Crippen molar-refractivity contribution in [1.29, 1.82) is 0 Å². The van der Waals surface area contributed by atoms with Crippen molar-refractivity contribution in [3.05, 3.63) is 29.8 Å². The summed E-state index contributed by atoms with van der Waals surface area (Å²) in [4.78, 5) is 23.7. The standard InChI is InChI=1S/C16H24N2O4/c1-5-11(2)14(15(19)22-4)18-16(20)17-10-12-7-6-8-13(9-12)21-3/h6-9,11,14H,5,10H2,1-4H3,(H2,17,18,20)/t11-,14-/m0/s1. The first-order valence-corrected chi connectivity index (χ1v) is 7.26. The highest BCUT2D eigenvalue weighted by Crippen LogP contribution is 2.12. The summed E-state index contributed by atoms with van der Waals surface area (Å²) >= 11 is 0. The van der Waals surface area contributed by atoms with Crippen molar-refractivity contribution in [2.45, 2.75) is 32.9 Å². The highest BCUT2D eigenvalue weighted by Gasteiger charge is 2.26. The van der Waals surface area contributed by atoms with Gasteiger partial charge in [-0.3, -0.25) is 0 Å². The number of nitrogens with one attached hydrogen (secondary N) is 2. The van der Waals surface area contributed by atoms with Gasteiger partial charge in [0.25, 0.3) is 0 Å². The molecule has 0 bridgehead atoms. The molecule has 1 aromatic rings. The molecule has 0 aromatic heterocycles. The van der Waals surface area contributed by atoms with Crippen molar-refractivity contribution in [2.75, 3.05) is 14.2 Å². The number of hydrogen-bond donors (Lipinski definition) is 2. The van der Waals surface area contributed by atoms with Gasteiger partial charge in [0.15, 0.2) is 0 Å². The van der Waals surface area contributed by atoms with Crippen LogP contribution in [-0.2, 0) is 16.1 Å². The minimum absolute atomic E-state index is 0.00461. The average molecular weight is 308 g/mol. The Bertz CT molecular complexity index is 505. The smallest absolute Gasteiger partial charge is 0.328 e. The summed E-state index contributed by atoms with van der Waals surface area (Å²) in [5, 5.41) is 5.39. The minimum atomic E-state index is -0.652. The number of esters is 1. The third kappa shape index (κ3) is 5.27. The fourth-order valence-corrected chi connectivity index (χ4v) is 1.95. The first-order valence-electron chi connectivity index (χ1n) is 7.26. The van der Waals surface area contributed by atoms with Crippen molar-refractivity contribution in [1.82, 2.24) is 10.6 Å². The molecule has 0 aliphatic rings. The molecule has 22 heavy (non-hydrogen) atoms. The lowest BCUT2D eigenvalue weighted by Crippen LogP contribution is -2.49. The van der Waals surface area contributed by atoms with E-state index in [0.717, 1.165) is 17.7 Å². The third-order valence-corrected chi connectivity index (χ3v) is 3.54. The van der Waals surface area contributed by atoms with Crippen LogP contribution in [0.25, 0.3) is 0 Å². The van der Waals surface area contributed by atoms with Gasteiger partial charge in [0, 0.05) is 6.54 Å². The quantitative estimate of drug-likeness (QED) is 0.756. The van der Waals surface area contributed by atoms with Crippen LogP contribution in [0.4, 0.5) is 4.79 Å². The molecule has 0 saturated carbocycles. The summed E-state index contributed by atoms with van der Waals surface area (Å²) < 4.78 is 9.86. The van der Waals surface area contributed by atoms with Crippen molar-refractivity contribution in [2.24, 2.45) is 5.92 Å². The number of carbonyl (C=O) groups excluding carboxylic acids is 2. The van der Waals surface area contributed by atoms with E-state index in [2.05, 4.69) is 10.6 Å². The van der Waals surface area contributed by atoms with E-state index in [0.29, 0.717) is 6.54 Å². The molecular weight excluding hydrogens is 284 g/mol. The Morgan fingerprint density at radius 1 is 1.27 bits per heavy atom. The zero-order chi connectivity index (χ0) is 16.5. The van der Waals surface area contributed by atoms with Crippen LogP contribution in [0.1, 0.15) is 25.8 Å². The van der Waals surface area contributed by atoms with E-state index < -0.39 is 18.0 Å². The lowest BCUT2D eigenvalue weighted by molar-refractivity contribution is -0.144. The predicted molar refractivity (Wildman–Crippen MR) is 83.6 cm³/mol. The first-order chi connectivity index (χ1) is 10.5. The summed E-state index contributed by atoms with van der Waals surface area (Å²) in [5.74, 6) is 0.285. The molecule has 0 saturated heterocycles. The lowest BCUT2D eigenvalue weighted by atomic mass is 9.99. The molecule has 0 aliphatic carbocycles. The van der Waals surface area contributed by atoms with Crippen molar-refractivity contribution < 1.29 is 19.1 Å². The van der Waals surface area contributed by atoms with E-state index in [9.17, 15) is 9.59 Å². The van der Waals surface area contributed by atoms with E-state index >= 15 is 0 Å². The van der Waals surface area contributed by atoms with E-state index in [4.69, 9.17) is 9.47 Å². The van der Waals surface area contributed by atoms with E-state index in [1.165, 1.54) is 7.11 Å². The van der Waals surface area contributed by atoms with Crippen molar-refractivity contribution >= 4 is 12.0 Å². The monoisotopic (exact) mass is 308 g/mol. The second-order valence-corrected chi connectivity index (χ2v) is 5.06. The number of benzene rings is 1.